The van der Waals surface area contributed by atoms with Crippen molar-refractivity contribution in [2.45, 2.75) is 72.6 Å². The minimum atomic E-state index is -2.10. The van der Waals surface area contributed by atoms with Gasteiger partial charge in [0.05, 0.1) is 5.76 Å². The van der Waals surface area contributed by atoms with Crippen LogP contribution in [0.25, 0.3) is 27.2 Å². The van der Waals surface area contributed by atoms with Gasteiger partial charge in [-0.25, -0.2) is 4.99 Å². The molecule has 0 aliphatic carbocycles. The van der Waals surface area contributed by atoms with Crippen LogP contribution in [-0.2, 0) is 24.9 Å². The number of rotatable bonds is 11. The molecule has 2 heterocycles. The van der Waals surface area contributed by atoms with Crippen LogP contribution in [0.5, 0.6) is 0 Å². The maximum atomic E-state index is 11.7. The van der Waals surface area contributed by atoms with Crippen LogP contribution < -0.4 is 4.90 Å². The number of nitrogens with zero attached hydrogens (tertiary/aromatic N) is 3. The first kappa shape index (κ1) is 40.6. The van der Waals surface area contributed by atoms with Gasteiger partial charge in [-0.15, -0.1) is 22.2 Å². The van der Waals surface area contributed by atoms with E-state index in [-0.39, 0.29) is 49.6 Å². The van der Waals surface area contributed by atoms with E-state index in [1.54, 1.807) is 0 Å². The van der Waals surface area contributed by atoms with Crippen LogP contribution >= 0.6 is 0 Å². The molecule has 5 aromatic rings. The molecule has 2 aliphatic heterocycles. The quantitative estimate of drug-likeness (QED) is 0.0621. The van der Waals surface area contributed by atoms with Gasteiger partial charge in [0.1, 0.15) is 13.9 Å². The molecule has 281 valence electrons. The van der Waals surface area contributed by atoms with Crippen molar-refractivity contribution in [1.82, 2.24) is 0 Å². The molecule has 0 saturated carbocycles. The topological polar surface area (TPSA) is 67.0 Å². The van der Waals surface area contributed by atoms with Crippen molar-refractivity contribution in [3.05, 3.63) is 167 Å². The molecule has 54 heavy (non-hydrogen) atoms. The summed E-state index contributed by atoms with van der Waals surface area (Å²) in [5.41, 5.74) is 5.76. The third-order valence-corrected chi connectivity index (χ3v) is 13.8. The second kappa shape index (κ2) is 18.2. The fourth-order valence-electron chi connectivity index (χ4n) is 7.38. The number of aliphatic hydroxyl groups is 1. The first-order valence-electron chi connectivity index (χ1n) is 19.1. The number of carbonyl (C=O) groups is 1. The number of allylic oxidation sites excluding steroid dienone is 2. The van der Waals surface area contributed by atoms with E-state index in [1.165, 1.54) is 38.9 Å². The number of benzene rings is 5. The summed E-state index contributed by atoms with van der Waals surface area (Å²) in [6.45, 7) is 12.8. The molecular formula is C47H51IrN3O2Si-2. The van der Waals surface area contributed by atoms with E-state index >= 15 is 0 Å². The Morgan fingerprint density at radius 3 is 1.91 bits per heavy atom. The summed E-state index contributed by atoms with van der Waals surface area (Å²) in [4.78, 5) is 19.4. The second-order valence-corrected chi connectivity index (χ2v) is 18.6. The minimum Gasteiger partial charge on any atom is -0.666 e. The van der Waals surface area contributed by atoms with E-state index in [4.69, 9.17) is 10.3 Å². The van der Waals surface area contributed by atoms with Gasteiger partial charge in [0.15, 0.2) is 5.78 Å². The van der Waals surface area contributed by atoms with Gasteiger partial charge in [0.25, 0.3) is 0 Å². The Kier molecular flexibility index (Phi) is 13.7. The van der Waals surface area contributed by atoms with E-state index in [0.717, 1.165) is 48.1 Å². The molecule has 2 aliphatic rings. The zero-order valence-corrected chi connectivity index (χ0v) is 35.6. The van der Waals surface area contributed by atoms with Gasteiger partial charge in [-0.1, -0.05) is 132 Å². The Bertz CT molecular complexity index is 2120. The van der Waals surface area contributed by atoms with E-state index in [0.29, 0.717) is 0 Å². The number of aliphatic hydroxyl groups excluding tert-OH is 1. The van der Waals surface area contributed by atoms with Gasteiger partial charge in [0, 0.05) is 49.0 Å². The van der Waals surface area contributed by atoms with Gasteiger partial charge < -0.3 is 15.3 Å². The molecule has 1 radical (unpaired) electrons. The Hall–Kier alpha value is -4.55. The van der Waals surface area contributed by atoms with Crippen LogP contribution in [0.15, 0.2) is 149 Å². The number of fused-ring (bicyclic) bond motifs is 1. The summed E-state index contributed by atoms with van der Waals surface area (Å²) in [5, 5.41) is 19.9. The van der Waals surface area contributed by atoms with Crippen LogP contribution in [0.3, 0.4) is 0 Å². The average Bonchev–Trinajstić information content (AvgIpc) is 3.70. The molecule has 7 rings (SSSR count). The smallest absolute Gasteiger partial charge is 0.162 e. The summed E-state index contributed by atoms with van der Waals surface area (Å²) in [6.07, 6.45) is 4.71. The van der Waals surface area contributed by atoms with Crippen LogP contribution in [0.2, 0.25) is 13.1 Å². The monoisotopic (exact) mass is 910 g/mol. The first-order chi connectivity index (χ1) is 25.7. The summed E-state index contributed by atoms with van der Waals surface area (Å²) in [5.74, 6) is 1.53. The summed E-state index contributed by atoms with van der Waals surface area (Å²) >= 11 is 0. The van der Waals surface area contributed by atoms with Crippen LogP contribution in [0, 0.1) is 17.9 Å². The minimum absolute atomic E-state index is 0. The molecule has 0 aromatic heterocycles. The molecule has 5 nitrogen and oxygen atoms in total. The normalized spacial score (nSPS) is 16.1. The summed E-state index contributed by atoms with van der Waals surface area (Å²) in [6, 6.07) is 46.2. The summed E-state index contributed by atoms with van der Waals surface area (Å²) < 4.78 is 0. The van der Waals surface area contributed by atoms with Crippen molar-refractivity contribution >= 4 is 35.7 Å². The van der Waals surface area contributed by atoms with Crippen LogP contribution in [0.4, 0.5) is 5.69 Å². The molecule has 0 fully saturated rings. The molecule has 0 amide bonds. The van der Waals surface area contributed by atoms with E-state index in [2.05, 4.69) is 145 Å². The molecule has 1 N–H and O–H groups in total. The molecule has 0 saturated heterocycles. The van der Waals surface area contributed by atoms with Crippen molar-refractivity contribution in [2.75, 3.05) is 4.90 Å². The number of hydrogen-bond donors (Lipinski definition) is 1. The maximum Gasteiger partial charge on any atom is 0.162 e. The largest absolute Gasteiger partial charge is 0.666 e. The van der Waals surface area contributed by atoms with Crippen LogP contribution in [0.1, 0.15) is 70.7 Å². The maximum absolute atomic E-state index is 11.7. The Labute approximate surface area is 336 Å². The van der Waals surface area contributed by atoms with Gasteiger partial charge in [-0.05, 0) is 60.7 Å². The number of anilines is 1. The van der Waals surface area contributed by atoms with Crippen molar-refractivity contribution in [3.63, 3.8) is 0 Å². The molecule has 1 unspecified atom stereocenters. The van der Waals surface area contributed by atoms with Crippen molar-refractivity contribution in [3.8, 4) is 11.1 Å². The van der Waals surface area contributed by atoms with Crippen LogP contribution in [-0.4, -0.2) is 24.3 Å². The van der Waals surface area contributed by atoms with Gasteiger partial charge in [0.2, 0.25) is 0 Å². The van der Waals surface area contributed by atoms with Gasteiger partial charge in [-0.3, -0.25) is 4.79 Å². The second-order valence-electron chi connectivity index (χ2n) is 14.4. The standard InChI is InChI=1S/C34H27N3Si.C13H24O2.Ir/c1-38(2)33(27-14-7-4-8-15-27)36-32-34(38)35-31(29-18-17-25-13-9-10-16-28(25)23-29)37(32)30-21-19-26(20-22-30)24-11-5-3-6-12-24;1-5-10(6-2)12(14)9-13(15)11(7-3)8-4;/h3-17,19-23,31H,1-2H3;9-11,14H,5-8H2,1-4H3;/q-2;;/b;12-9-;. The first-order valence-corrected chi connectivity index (χ1v) is 22.1. The summed E-state index contributed by atoms with van der Waals surface area (Å²) in [7, 11) is -2.10. The Balaban J connectivity index is 0.000000301. The van der Waals surface area contributed by atoms with Crippen molar-refractivity contribution in [1.29, 1.82) is 0 Å². The predicted molar refractivity (Wildman–Crippen MR) is 225 cm³/mol. The van der Waals surface area contributed by atoms with Crippen molar-refractivity contribution < 1.29 is 30.0 Å². The number of hydrogen-bond acceptors (Lipinski definition) is 4. The fourth-order valence-corrected chi connectivity index (χ4v) is 10.1. The van der Waals surface area contributed by atoms with Gasteiger partial charge in [-0.2, -0.15) is 23.8 Å². The van der Waals surface area contributed by atoms with E-state index in [1.807, 2.05) is 27.7 Å². The van der Waals surface area contributed by atoms with Crippen molar-refractivity contribution in [2.24, 2.45) is 16.8 Å². The van der Waals surface area contributed by atoms with Gasteiger partial charge >= 0.3 is 0 Å². The number of aliphatic imine (C=N–C) groups is 1. The third kappa shape index (κ3) is 8.54. The molecule has 0 bridgehead atoms. The molecule has 5 aromatic carbocycles. The molecule has 0 spiro atoms. The molecule has 1 atom stereocenters. The Morgan fingerprint density at radius 1 is 0.778 bits per heavy atom. The van der Waals surface area contributed by atoms with E-state index in [9.17, 15) is 9.90 Å². The average molecular weight is 910 g/mol. The molecular weight excluding hydrogens is 859 g/mol. The van der Waals surface area contributed by atoms with E-state index < -0.39 is 8.07 Å². The molecule has 7 heteroatoms. The third-order valence-electron chi connectivity index (χ3n) is 10.7. The number of ketones is 1. The zero-order chi connectivity index (χ0) is 37.5. The number of carbonyl (C=O) groups excluding carboxylic acids is 1. The predicted octanol–water partition coefficient (Wildman–Crippen LogP) is 12.5. The zero-order valence-electron chi connectivity index (χ0n) is 32.2. The Morgan fingerprint density at radius 2 is 1.31 bits per heavy atom. The SMILES string of the molecule is CCC(CC)C(=O)/C=C(\O)C(CC)CC.C[Si]1(C)C(c2ccccc2)=NC2=C1[N-]C(c1[c-]cc3ccccc3c1)N2c1ccc(-c2ccccc2)cc1.[Ir]. The fraction of sp³-hybridized carbons (Fsp3) is 0.277.